The number of hydrogen-bond donors (Lipinski definition) is 0. The molecular formula is C16H28O5Si. The molecular weight excluding hydrogens is 300 g/mol. The van der Waals surface area contributed by atoms with Crippen molar-refractivity contribution < 1.29 is 22.8 Å². The van der Waals surface area contributed by atoms with Crippen LogP contribution in [-0.2, 0) is 19.7 Å². The first-order valence-electron chi connectivity index (χ1n) is 7.78. The highest BCUT2D eigenvalue weighted by Crippen LogP contribution is 2.31. The van der Waals surface area contributed by atoms with E-state index < -0.39 is 8.80 Å². The van der Waals surface area contributed by atoms with Crippen LogP contribution >= 0.6 is 0 Å². The summed E-state index contributed by atoms with van der Waals surface area (Å²) < 4.78 is 28.6. The maximum atomic E-state index is 5.89. The molecule has 5 nitrogen and oxygen atoms in total. The van der Waals surface area contributed by atoms with Crippen LogP contribution in [-0.4, -0.2) is 42.8 Å². The topological polar surface area (TPSA) is 46.2 Å². The molecule has 126 valence electrons. The quantitative estimate of drug-likeness (QED) is 0.583. The van der Waals surface area contributed by atoms with Gasteiger partial charge in [-0.25, -0.2) is 0 Å². The van der Waals surface area contributed by atoms with Crippen LogP contribution in [0.25, 0.3) is 0 Å². The average Bonchev–Trinajstić information content (AvgIpc) is 2.53. The molecule has 0 fully saturated rings. The third-order valence-corrected chi connectivity index (χ3v) is 6.35. The van der Waals surface area contributed by atoms with E-state index >= 15 is 0 Å². The van der Waals surface area contributed by atoms with Gasteiger partial charge in [-0.05, 0) is 39.3 Å². The summed E-state index contributed by atoms with van der Waals surface area (Å²) in [6.07, 6.45) is 0.722. The predicted molar refractivity (Wildman–Crippen MR) is 88.7 cm³/mol. The Morgan fingerprint density at radius 2 is 1.27 bits per heavy atom. The maximum absolute atomic E-state index is 5.89. The minimum Gasteiger partial charge on any atom is -0.496 e. The summed E-state index contributed by atoms with van der Waals surface area (Å²) in [5.74, 6) is 1.62. The second-order valence-electron chi connectivity index (χ2n) is 4.62. The van der Waals surface area contributed by atoms with Crippen molar-refractivity contribution in [3.8, 4) is 11.5 Å². The van der Waals surface area contributed by atoms with Crippen molar-refractivity contribution in [3.63, 3.8) is 0 Å². The van der Waals surface area contributed by atoms with Gasteiger partial charge in [0.05, 0.1) is 14.2 Å². The van der Waals surface area contributed by atoms with Crippen molar-refractivity contribution in [1.29, 1.82) is 0 Å². The molecule has 1 rings (SSSR count). The fourth-order valence-corrected chi connectivity index (χ4v) is 5.01. The Kier molecular flexibility index (Phi) is 8.48. The molecule has 0 aliphatic heterocycles. The van der Waals surface area contributed by atoms with Crippen LogP contribution in [0.5, 0.6) is 11.5 Å². The zero-order valence-corrected chi connectivity index (χ0v) is 15.3. The molecule has 1 aromatic carbocycles. The van der Waals surface area contributed by atoms with Crippen LogP contribution in [0.15, 0.2) is 18.2 Å². The van der Waals surface area contributed by atoms with E-state index in [2.05, 4.69) is 0 Å². The van der Waals surface area contributed by atoms with E-state index in [1.165, 1.54) is 0 Å². The minimum absolute atomic E-state index is 0.579. The van der Waals surface area contributed by atoms with Crippen LogP contribution < -0.4 is 9.47 Å². The Morgan fingerprint density at radius 3 is 1.64 bits per heavy atom. The molecule has 0 aliphatic carbocycles. The van der Waals surface area contributed by atoms with Gasteiger partial charge in [0.1, 0.15) is 11.5 Å². The van der Waals surface area contributed by atoms with E-state index in [-0.39, 0.29) is 0 Å². The Hall–Kier alpha value is -1.08. The van der Waals surface area contributed by atoms with Crippen LogP contribution in [0.4, 0.5) is 0 Å². The summed E-state index contributed by atoms with van der Waals surface area (Å²) in [6, 6.07) is 6.48. The van der Waals surface area contributed by atoms with Crippen LogP contribution in [0.2, 0.25) is 6.04 Å². The van der Waals surface area contributed by atoms with Gasteiger partial charge in [0.2, 0.25) is 0 Å². The fourth-order valence-electron chi connectivity index (χ4n) is 2.45. The molecule has 1 aromatic rings. The molecule has 0 aromatic heterocycles. The second-order valence-corrected chi connectivity index (χ2v) is 7.36. The van der Waals surface area contributed by atoms with E-state index in [0.29, 0.717) is 25.9 Å². The second kappa shape index (κ2) is 9.84. The molecule has 0 unspecified atom stereocenters. The maximum Gasteiger partial charge on any atom is 0.501 e. The Labute approximate surface area is 134 Å². The number of rotatable bonds is 11. The molecule has 0 N–H and O–H groups in total. The van der Waals surface area contributed by atoms with Crippen molar-refractivity contribution >= 4 is 8.80 Å². The van der Waals surface area contributed by atoms with Crippen molar-refractivity contribution in [1.82, 2.24) is 0 Å². The van der Waals surface area contributed by atoms with Gasteiger partial charge in [-0.3, -0.25) is 0 Å². The lowest BCUT2D eigenvalue weighted by atomic mass is 10.1. The molecule has 0 spiro atoms. The highest BCUT2D eigenvalue weighted by Gasteiger charge is 2.40. The van der Waals surface area contributed by atoms with E-state index in [1.54, 1.807) is 14.2 Å². The molecule has 22 heavy (non-hydrogen) atoms. The highest BCUT2D eigenvalue weighted by atomic mass is 28.4. The molecule has 0 bridgehead atoms. The summed E-state index contributed by atoms with van der Waals surface area (Å²) in [5, 5.41) is 0. The number of ether oxygens (including phenoxy) is 2. The summed E-state index contributed by atoms with van der Waals surface area (Å²) in [7, 11) is 0.666. The first kappa shape index (κ1) is 19.0. The monoisotopic (exact) mass is 328 g/mol. The molecule has 0 saturated carbocycles. The summed E-state index contributed by atoms with van der Waals surface area (Å²) in [5.41, 5.74) is 1.02. The van der Waals surface area contributed by atoms with E-state index in [4.69, 9.17) is 22.8 Å². The van der Waals surface area contributed by atoms with Crippen molar-refractivity contribution in [2.75, 3.05) is 34.0 Å². The highest BCUT2D eigenvalue weighted by molar-refractivity contribution is 6.60. The zero-order chi connectivity index (χ0) is 16.4. The van der Waals surface area contributed by atoms with E-state index in [0.717, 1.165) is 23.5 Å². The average molecular weight is 328 g/mol. The molecule has 6 heteroatoms. The third kappa shape index (κ3) is 4.98. The van der Waals surface area contributed by atoms with Gasteiger partial charge in [-0.15, -0.1) is 0 Å². The fraction of sp³-hybridized carbons (Fsp3) is 0.625. The molecule has 0 aliphatic rings. The number of benzene rings is 1. The van der Waals surface area contributed by atoms with Crippen LogP contribution in [0.3, 0.4) is 0 Å². The van der Waals surface area contributed by atoms with E-state index in [9.17, 15) is 0 Å². The molecule has 0 heterocycles. The SMILES string of the molecule is CCO[Si](CCc1c(OC)cccc1OC)(OCC)OCC. The van der Waals surface area contributed by atoms with Gasteiger partial charge in [0.25, 0.3) is 0 Å². The lowest BCUT2D eigenvalue weighted by molar-refractivity contribution is 0.0713. The first-order chi connectivity index (χ1) is 10.7. The zero-order valence-electron chi connectivity index (χ0n) is 14.3. The van der Waals surface area contributed by atoms with Crippen molar-refractivity contribution in [3.05, 3.63) is 23.8 Å². The number of hydrogen-bond acceptors (Lipinski definition) is 5. The Morgan fingerprint density at radius 1 is 0.818 bits per heavy atom. The molecule has 0 amide bonds. The van der Waals surface area contributed by atoms with Gasteiger partial charge < -0.3 is 22.8 Å². The smallest absolute Gasteiger partial charge is 0.496 e. The normalized spacial score (nSPS) is 11.5. The predicted octanol–water partition coefficient (Wildman–Crippen LogP) is 3.29. The molecule has 0 radical (unpaired) electrons. The van der Waals surface area contributed by atoms with Crippen LogP contribution in [0.1, 0.15) is 26.3 Å². The standard InChI is InChI=1S/C16H28O5Si/c1-6-19-22(20-7-2,21-8-3)13-12-14-15(17-4)10-9-11-16(14)18-5/h9-11H,6-8,12-13H2,1-5H3. The lowest BCUT2D eigenvalue weighted by Crippen LogP contribution is -2.46. The largest absolute Gasteiger partial charge is 0.501 e. The van der Waals surface area contributed by atoms with Gasteiger partial charge in [-0.2, -0.15) is 0 Å². The van der Waals surface area contributed by atoms with E-state index in [1.807, 2.05) is 39.0 Å². The summed E-state index contributed by atoms with van der Waals surface area (Å²) in [6.45, 7) is 7.62. The summed E-state index contributed by atoms with van der Waals surface area (Å²) >= 11 is 0. The first-order valence-corrected chi connectivity index (χ1v) is 9.71. The summed E-state index contributed by atoms with van der Waals surface area (Å²) in [4.78, 5) is 0. The van der Waals surface area contributed by atoms with Crippen molar-refractivity contribution in [2.24, 2.45) is 0 Å². The Bertz CT molecular complexity index is 399. The van der Waals surface area contributed by atoms with Gasteiger partial charge in [0, 0.05) is 31.4 Å². The third-order valence-electron chi connectivity index (χ3n) is 3.30. The minimum atomic E-state index is -2.66. The van der Waals surface area contributed by atoms with Crippen molar-refractivity contribution in [2.45, 2.75) is 33.2 Å². The number of methoxy groups -OCH3 is 2. The molecule has 0 saturated heterocycles. The Balaban J connectivity index is 2.96. The van der Waals surface area contributed by atoms with Gasteiger partial charge in [0.15, 0.2) is 0 Å². The molecule has 0 atom stereocenters. The lowest BCUT2D eigenvalue weighted by Gasteiger charge is -2.28. The van der Waals surface area contributed by atoms with Gasteiger partial charge >= 0.3 is 8.80 Å². The van der Waals surface area contributed by atoms with Gasteiger partial charge in [-0.1, -0.05) is 6.07 Å². The van der Waals surface area contributed by atoms with Crippen LogP contribution in [0, 0.1) is 0 Å².